The van der Waals surface area contributed by atoms with E-state index >= 15 is 0 Å². The molecule has 1 aromatic heterocycles. The Morgan fingerprint density at radius 2 is 1.65 bits per heavy atom. The van der Waals surface area contributed by atoms with Crippen molar-refractivity contribution in [3.63, 3.8) is 0 Å². The van der Waals surface area contributed by atoms with Crippen LogP contribution in [0.4, 0.5) is 5.82 Å². The molecule has 0 saturated carbocycles. The summed E-state index contributed by atoms with van der Waals surface area (Å²) in [6.07, 6.45) is 0. The minimum atomic E-state index is 0.565. The summed E-state index contributed by atoms with van der Waals surface area (Å²) in [5.41, 5.74) is 1.63. The molecule has 0 saturated heterocycles. The highest BCUT2D eigenvalue weighted by molar-refractivity contribution is 6.30. The van der Waals surface area contributed by atoms with Gasteiger partial charge in [-0.3, -0.25) is 0 Å². The number of halogens is 1. The highest BCUT2D eigenvalue weighted by atomic mass is 35.5. The highest BCUT2D eigenvalue weighted by Gasteiger charge is 2.14. The predicted octanol–water partition coefficient (Wildman–Crippen LogP) is 4.03. The van der Waals surface area contributed by atoms with Crippen LogP contribution >= 0.6 is 11.6 Å². The van der Waals surface area contributed by atoms with Gasteiger partial charge in [-0.1, -0.05) is 11.6 Å². The number of fused-ring (bicyclic) bond motifs is 1. The molecule has 0 bridgehead atoms. The Bertz CT molecular complexity index is 901. The molecular formula is C19H20ClN3O3. The zero-order valence-electron chi connectivity index (χ0n) is 14.9. The number of benzene rings is 2. The summed E-state index contributed by atoms with van der Waals surface area (Å²) >= 11 is 5.99. The molecule has 1 heterocycles. The molecule has 136 valence electrons. The van der Waals surface area contributed by atoms with Crippen molar-refractivity contribution in [2.24, 2.45) is 0 Å². The molecule has 3 aromatic rings. The van der Waals surface area contributed by atoms with Gasteiger partial charge in [0.1, 0.15) is 5.82 Å². The molecule has 26 heavy (non-hydrogen) atoms. The molecule has 0 fully saturated rings. The van der Waals surface area contributed by atoms with Gasteiger partial charge in [0.25, 0.3) is 0 Å². The van der Waals surface area contributed by atoms with Crippen LogP contribution in [0.3, 0.4) is 0 Å². The van der Waals surface area contributed by atoms with E-state index in [1.54, 1.807) is 21.3 Å². The second-order valence-corrected chi connectivity index (χ2v) is 5.98. The summed E-state index contributed by atoms with van der Waals surface area (Å²) < 4.78 is 15.9. The number of aromatic nitrogens is 2. The van der Waals surface area contributed by atoms with Crippen molar-refractivity contribution in [1.29, 1.82) is 0 Å². The fourth-order valence-electron chi connectivity index (χ4n) is 2.59. The number of nitrogens with zero attached hydrogens (tertiary/aromatic N) is 2. The molecule has 0 unspecified atom stereocenters. The van der Waals surface area contributed by atoms with Gasteiger partial charge in [0.15, 0.2) is 17.3 Å². The van der Waals surface area contributed by atoms with Crippen molar-refractivity contribution in [2.75, 3.05) is 39.8 Å². The number of nitrogens with one attached hydrogen (secondary N) is 1. The molecule has 0 aliphatic rings. The number of methoxy groups -OCH3 is 3. The molecule has 3 rings (SSSR count). The Morgan fingerprint density at radius 1 is 0.962 bits per heavy atom. The monoisotopic (exact) mass is 373 g/mol. The van der Waals surface area contributed by atoms with Crippen LogP contribution in [0.2, 0.25) is 5.02 Å². The average Bonchev–Trinajstić information content (AvgIpc) is 2.67. The first-order valence-corrected chi connectivity index (χ1v) is 8.46. The van der Waals surface area contributed by atoms with Gasteiger partial charge >= 0.3 is 0 Å². The maximum Gasteiger partial charge on any atom is 0.162 e. The topological polar surface area (TPSA) is 65.5 Å². The zero-order chi connectivity index (χ0) is 18.5. The zero-order valence-corrected chi connectivity index (χ0v) is 15.6. The lowest BCUT2D eigenvalue weighted by molar-refractivity contribution is 0.210. The van der Waals surface area contributed by atoms with Gasteiger partial charge in [-0.05, 0) is 30.3 Å². The fraction of sp³-hybridized carbons (Fsp3) is 0.263. The first-order valence-electron chi connectivity index (χ1n) is 8.08. The normalized spacial score (nSPS) is 10.8. The third-order valence-electron chi connectivity index (χ3n) is 3.90. The van der Waals surface area contributed by atoms with E-state index in [2.05, 4.69) is 15.3 Å². The van der Waals surface area contributed by atoms with Crippen molar-refractivity contribution in [3.05, 3.63) is 41.4 Å². The largest absolute Gasteiger partial charge is 0.493 e. The standard InChI is InChI=1S/C19H20ClN3O3/c1-24-9-8-21-19-14-10-16(25-2)17(26-3)11-15(14)22-18(23-19)12-4-6-13(20)7-5-12/h4-7,10-11H,8-9H2,1-3H3,(H,21,22,23). The van der Waals surface area contributed by atoms with Gasteiger partial charge in [0.05, 0.1) is 26.3 Å². The molecule has 0 aliphatic carbocycles. The third-order valence-corrected chi connectivity index (χ3v) is 4.15. The predicted molar refractivity (Wildman–Crippen MR) is 103 cm³/mol. The van der Waals surface area contributed by atoms with E-state index < -0.39 is 0 Å². The Kier molecular flexibility index (Phi) is 5.75. The van der Waals surface area contributed by atoms with Crippen LogP contribution in [0, 0.1) is 0 Å². The molecule has 1 N–H and O–H groups in total. The van der Waals surface area contributed by atoms with Crippen molar-refractivity contribution in [1.82, 2.24) is 9.97 Å². The van der Waals surface area contributed by atoms with Crippen LogP contribution in [0.15, 0.2) is 36.4 Å². The van der Waals surface area contributed by atoms with E-state index in [1.165, 1.54) is 0 Å². The van der Waals surface area contributed by atoms with Crippen LogP contribution < -0.4 is 14.8 Å². The quantitative estimate of drug-likeness (QED) is 0.631. The molecule has 6 nitrogen and oxygen atoms in total. The minimum absolute atomic E-state index is 0.565. The van der Waals surface area contributed by atoms with E-state index in [0.29, 0.717) is 41.3 Å². The van der Waals surface area contributed by atoms with Crippen LogP contribution in [-0.4, -0.2) is 44.4 Å². The van der Waals surface area contributed by atoms with E-state index in [0.717, 1.165) is 16.5 Å². The van der Waals surface area contributed by atoms with E-state index in [9.17, 15) is 0 Å². The van der Waals surface area contributed by atoms with E-state index in [1.807, 2.05) is 36.4 Å². The third kappa shape index (κ3) is 3.81. The Hall–Kier alpha value is -2.57. The molecule has 7 heteroatoms. The Morgan fingerprint density at radius 3 is 2.31 bits per heavy atom. The number of hydrogen-bond acceptors (Lipinski definition) is 6. The fourth-order valence-corrected chi connectivity index (χ4v) is 2.72. The lowest BCUT2D eigenvalue weighted by Crippen LogP contribution is -2.10. The summed E-state index contributed by atoms with van der Waals surface area (Å²) in [5.74, 6) is 2.54. The molecule has 0 amide bonds. The summed E-state index contributed by atoms with van der Waals surface area (Å²) in [6, 6.07) is 11.1. The summed E-state index contributed by atoms with van der Waals surface area (Å²) in [5, 5.41) is 4.81. The maximum atomic E-state index is 5.99. The average molecular weight is 374 g/mol. The second kappa shape index (κ2) is 8.21. The smallest absolute Gasteiger partial charge is 0.162 e. The van der Waals surface area contributed by atoms with Crippen molar-refractivity contribution in [3.8, 4) is 22.9 Å². The molecule has 2 aromatic carbocycles. The van der Waals surface area contributed by atoms with Gasteiger partial charge in [-0.15, -0.1) is 0 Å². The van der Waals surface area contributed by atoms with Gasteiger partial charge in [-0.2, -0.15) is 0 Å². The second-order valence-electron chi connectivity index (χ2n) is 5.55. The molecular weight excluding hydrogens is 354 g/mol. The maximum absolute atomic E-state index is 5.99. The molecule has 0 spiro atoms. The first-order chi connectivity index (χ1) is 12.7. The molecule has 0 atom stereocenters. The van der Waals surface area contributed by atoms with Crippen LogP contribution in [-0.2, 0) is 4.74 Å². The number of hydrogen-bond donors (Lipinski definition) is 1. The van der Waals surface area contributed by atoms with Crippen molar-refractivity contribution >= 4 is 28.3 Å². The number of ether oxygens (including phenoxy) is 3. The Balaban J connectivity index is 2.15. The summed E-state index contributed by atoms with van der Waals surface area (Å²) in [6.45, 7) is 1.19. The number of rotatable bonds is 7. The van der Waals surface area contributed by atoms with Crippen molar-refractivity contribution in [2.45, 2.75) is 0 Å². The lowest BCUT2D eigenvalue weighted by Gasteiger charge is -2.14. The van der Waals surface area contributed by atoms with Crippen LogP contribution in [0.1, 0.15) is 0 Å². The van der Waals surface area contributed by atoms with Gasteiger partial charge in [0.2, 0.25) is 0 Å². The van der Waals surface area contributed by atoms with E-state index in [-0.39, 0.29) is 0 Å². The molecule has 0 aliphatic heterocycles. The SMILES string of the molecule is COCCNc1nc(-c2ccc(Cl)cc2)nc2cc(OC)c(OC)cc12. The van der Waals surface area contributed by atoms with Crippen LogP contribution in [0.5, 0.6) is 11.5 Å². The molecule has 0 radical (unpaired) electrons. The van der Waals surface area contributed by atoms with Gasteiger partial charge < -0.3 is 19.5 Å². The van der Waals surface area contributed by atoms with Crippen molar-refractivity contribution < 1.29 is 14.2 Å². The Labute approximate surface area is 157 Å². The van der Waals surface area contributed by atoms with Crippen LogP contribution in [0.25, 0.3) is 22.3 Å². The minimum Gasteiger partial charge on any atom is -0.493 e. The van der Waals surface area contributed by atoms with E-state index in [4.69, 9.17) is 25.8 Å². The number of anilines is 1. The van der Waals surface area contributed by atoms with Gasteiger partial charge in [0, 0.05) is 35.7 Å². The van der Waals surface area contributed by atoms with Gasteiger partial charge in [-0.25, -0.2) is 9.97 Å². The first kappa shape index (κ1) is 18.2. The lowest BCUT2D eigenvalue weighted by atomic mass is 10.1. The summed E-state index contributed by atoms with van der Waals surface area (Å²) in [4.78, 5) is 9.37. The highest BCUT2D eigenvalue weighted by Crippen LogP contribution is 2.35. The summed E-state index contributed by atoms with van der Waals surface area (Å²) in [7, 11) is 4.86.